The smallest absolute Gasteiger partial charge is 0.201 e. The van der Waals surface area contributed by atoms with Crippen molar-refractivity contribution in [3.05, 3.63) is 70.5 Å². The maximum atomic E-state index is 14.8. The molecule has 30 heavy (non-hydrogen) atoms. The fourth-order valence-electron chi connectivity index (χ4n) is 2.76. The number of hydrogen-bond acceptors (Lipinski definition) is 3. The van der Waals surface area contributed by atoms with Crippen molar-refractivity contribution in [1.29, 1.82) is 0 Å². The lowest BCUT2D eigenvalue weighted by molar-refractivity contribution is 0.0770. The molecule has 1 heterocycles. The van der Waals surface area contributed by atoms with Crippen LogP contribution in [0.2, 0.25) is 25.7 Å². The Morgan fingerprint density at radius 3 is 2.43 bits per heavy atom. The van der Waals surface area contributed by atoms with Gasteiger partial charge in [0.15, 0.2) is 11.6 Å². The standard InChI is InChI=1S/C22H25BrF2N2O2Si/c1-30(2,3)12-11-28-15-27-22(23)18(13-26-27)17-9-10-19(21(25)20(17)24)29-14-16-7-5-4-6-8-16/h4-10,13H,11-12,14-15H2,1-3H3. The molecule has 0 bridgehead atoms. The third-order valence-electron chi connectivity index (χ3n) is 4.56. The van der Waals surface area contributed by atoms with Crippen molar-refractivity contribution < 1.29 is 18.3 Å². The van der Waals surface area contributed by atoms with Gasteiger partial charge in [0.2, 0.25) is 5.82 Å². The lowest BCUT2D eigenvalue weighted by Crippen LogP contribution is -2.22. The summed E-state index contributed by atoms with van der Waals surface area (Å²) < 4.78 is 42.6. The monoisotopic (exact) mass is 494 g/mol. The Kier molecular flexibility index (Phi) is 7.44. The van der Waals surface area contributed by atoms with Crippen LogP contribution in [-0.2, 0) is 18.1 Å². The number of hydrogen-bond donors (Lipinski definition) is 0. The average molecular weight is 495 g/mol. The molecule has 0 saturated carbocycles. The molecule has 0 N–H and O–H groups in total. The van der Waals surface area contributed by atoms with E-state index in [1.54, 1.807) is 4.68 Å². The fourth-order valence-corrected chi connectivity index (χ4v) is 4.02. The SMILES string of the molecule is C[Si](C)(C)CCOCn1ncc(-c2ccc(OCc3ccccc3)c(F)c2F)c1Br. The normalized spacial score (nSPS) is 11.7. The number of benzene rings is 2. The highest BCUT2D eigenvalue weighted by molar-refractivity contribution is 9.10. The highest BCUT2D eigenvalue weighted by Gasteiger charge is 2.20. The Bertz CT molecular complexity index is 991. The van der Waals surface area contributed by atoms with Crippen molar-refractivity contribution in [1.82, 2.24) is 9.78 Å². The molecule has 3 rings (SSSR count). The van der Waals surface area contributed by atoms with Crippen molar-refractivity contribution in [2.75, 3.05) is 6.61 Å². The molecule has 0 aliphatic carbocycles. The van der Waals surface area contributed by atoms with Crippen LogP contribution in [0.25, 0.3) is 11.1 Å². The highest BCUT2D eigenvalue weighted by atomic mass is 79.9. The number of nitrogens with zero attached hydrogens (tertiary/aromatic N) is 2. The second-order valence-corrected chi connectivity index (χ2v) is 14.6. The maximum absolute atomic E-state index is 14.8. The average Bonchev–Trinajstić information content (AvgIpc) is 3.07. The Morgan fingerprint density at radius 2 is 1.73 bits per heavy atom. The molecule has 0 unspecified atom stereocenters. The lowest BCUT2D eigenvalue weighted by atomic mass is 10.1. The van der Waals surface area contributed by atoms with Crippen LogP contribution in [0.3, 0.4) is 0 Å². The van der Waals surface area contributed by atoms with Crippen LogP contribution in [0, 0.1) is 11.6 Å². The summed E-state index contributed by atoms with van der Waals surface area (Å²) in [7, 11) is -1.17. The van der Waals surface area contributed by atoms with E-state index >= 15 is 0 Å². The zero-order chi connectivity index (χ0) is 21.7. The van der Waals surface area contributed by atoms with E-state index in [0.717, 1.165) is 11.6 Å². The summed E-state index contributed by atoms with van der Waals surface area (Å²) in [6, 6.07) is 13.3. The van der Waals surface area contributed by atoms with Gasteiger partial charge in [0, 0.05) is 25.8 Å². The van der Waals surface area contributed by atoms with Crippen molar-refractivity contribution >= 4 is 24.0 Å². The van der Waals surface area contributed by atoms with Crippen LogP contribution < -0.4 is 4.74 Å². The topological polar surface area (TPSA) is 36.3 Å². The first-order valence-electron chi connectivity index (χ1n) is 9.70. The van der Waals surface area contributed by atoms with Crippen LogP contribution in [0.15, 0.2) is 53.3 Å². The minimum atomic E-state index is -1.17. The first-order valence-corrected chi connectivity index (χ1v) is 14.2. The van der Waals surface area contributed by atoms with Gasteiger partial charge in [-0.2, -0.15) is 9.49 Å². The van der Waals surface area contributed by atoms with Crippen LogP contribution >= 0.6 is 15.9 Å². The molecule has 8 heteroatoms. The van der Waals surface area contributed by atoms with Gasteiger partial charge in [-0.3, -0.25) is 0 Å². The van der Waals surface area contributed by atoms with E-state index < -0.39 is 19.7 Å². The van der Waals surface area contributed by atoms with E-state index in [9.17, 15) is 8.78 Å². The number of rotatable bonds is 9. The molecule has 0 aliphatic rings. The van der Waals surface area contributed by atoms with Gasteiger partial charge in [-0.1, -0.05) is 50.0 Å². The third-order valence-corrected chi connectivity index (χ3v) is 7.10. The highest BCUT2D eigenvalue weighted by Crippen LogP contribution is 2.34. The molecular weight excluding hydrogens is 470 g/mol. The van der Waals surface area contributed by atoms with E-state index in [0.29, 0.717) is 16.8 Å². The van der Waals surface area contributed by atoms with Gasteiger partial charge >= 0.3 is 0 Å². The summed E-state index contributed by atoms with van der Waals surface area (Å²) in [4.78, 5) is 0. The molecule has 0 atom stereocenters. The van der Waals surface area contributed by atoms with Crippen molar-refractivity contribution in [2.24, 2.45) is 0 Å². The van der Waals surface area contributed by atoms with E-state index in [1.807, 2.05) is 30.3 Å². The molecule has 0 spiro atoms. The van der Waals surface area contributed by atoms with Gasteiger partial charge in [0.1, 0.15) is 17.9 Å². The summed E-state index contributed by atoms with van der Waals surface area (Å²) in [6.45, 7) is 7.89. The van der Waals surface area contributed by atoms with E-state index in [1.165, 1.54) is 18.3 Å². The molecule has 0 saturated heterocycles. The molecule has 0 aliphatic heterocycles. The largest absolute Gasteiger partial charge is 0.486 e. The minimum absolute atomic E-state index is 0.111. The number of ether oxygens (including phenoxy) is 2. The van der Waals surface area contributed by atoms with Crippen LogP contribution in [0.1, 0.15) is 5.56 Å². The molecule has 4 nitrogen and oxygen atoms in total. The summed E-state index contributed by atoms with van der Waals surface area (Å²) in [5.74, 6) is -2.12. The molecule has 3 aromatic rings. The zero-order valence-electron chi connectivity index (χ0n) is 17.3. The molecule has 0 amide bonds. The quantitative estimate of drug-likeness (QED) is 0.252. The predicted molar refractivity (Wildman–Crippen MR) is 120 cm³/mol. The number of halogens is 3. The van der Waals surface area contributed by atoms with Gasteiger partial charge in [0.25, 0.3) is 0 Å². The van der Waals surface area contributed by atoms with Crippen LogP contribution in [0.5, 0.6) is 5.75 Å². The first-order chi connectivity index (χ1) is 14.3. The van der Waals surface area contributed by atoms with Crippen molar-refractivity contribution in [3.63, 3.8) is 0 Å². The Hall–Kier alpha value is -2.03. The van der Waals surface area contributed by atoms with Crippen LogP contribution in [0.4, 0.5) is 8.78 Å². The Labute approximate surface area is 185 Å². The number of aromatic nitrogens is 2. The fraction of sp³-hybridized carbons (Fsp3) is 0.318. The van der Waals surface area contributed by atoms with Crippen molar-refractivity contribution in [2.45, 2.75) is 39.0 Å². The van der Waals surface area contributed by atoms with E-state index in [2.05, 4.69) is 40.7 Å². The van der Waals surface area contributed by atoms with Gasteiger partial charge in [-0.15, -0.1) is 0 Å². The Morgan fingerprint density at radius 1 is 1.00 bits per heavy atom. The summed E-state index contributed by atoms with van der Waals surface area (Å²) in [6.07, 6.45) is 1.49. The molecule has 0 radical (unpaired) electrons. The van der Waals surface area contributed by atoms with Crippen molar-refractivity contribution in [3.8, 4) is 16.9 Å². The minimum Gasteiger partial charge on any atom is -0.486 e. The molecule has 0 fully saturated rings. The van der Waals surface area contributed by atoms with Crippen LogP contribution in [-0.4, -0.2) is 24.5 Å². The first kappa shape index (κ1) is 22.6. The van der Waals surface area contributed by atoms with Gasteiger partial charge < -0.3 is 9.47 Å². The maximum Gasteiger partial charge on any atom is 0.201 e. The molecule has 2 aromatic carbocycles. The molecule has 1 aromatic heterocycles. The van der Waals surface area contributed by atoms with E-state index in [-0.39, 0.29) is 24.7 Å². The summed E-state index contributed by atoms with van der Waals surface area (Å²) in [5, 5.41) is 4.23. The van der Waals surface area contributed by atoms with E-state index in [4.69, 9.17) is 9.47 Å². The zero-order valence-corrected chi connectivity index (χ0v) is 19.9. The third kappa shape index (κ3) is 5.77. The second kappa shape index (κ2) is 9.85. The van der Waals surface area contributed by atoms with Gasteiger partial charge in [0.05, 0.1) is 6.20 Å². The Balaban J connectivity index is 1.70. The van der Waals surface area contributed by atoms with Gasteiger partial charge in [-0.05, 0) is 39.7 Å². The second-order valence-electron chi connectivity index (χ2n) is 8.21. The predicted octanol–water partition coefficient (Wildman–Crippen LogP) is 6.48. The summed E-state index contributed by atoms with van der Waals surface area (Å²) in [5.41, 5.74) is 1.44. The molecular formula is C22H25BrF2N2O2Si. The molecule has 160 valence electrons. The van der Waals surface area contributed by atoms with Gasteiger partial charge in [-0.25, -0.2) is 9.07 Å². The summed E-state index contributed by atoms with van der Waals surface area (Å²) >= 11 is 3.43. The lowest BCUT2D eigenvalue weighted by Gasteiger charge is -2.15.